The Bertz CT molecular complexity index is 650. The molecule has 0 spiro atoms. The van der Waals surface area contributed by atoms with Gasteiger partial charge in [-0.1, -0.05) is 29.8 Å². The molecule has 2 aromatic rings. The van der Waals surface area contributed by atoms with E-state index in [1.807, 2.05) is 11.0 Å². The van der Waals surface area contributed by atoms with Crippen LogP contribution in [0.1, 0.15) is 22.9 Å². The Kier molecular flexibility index (Phi) is 4.39. The van der Waals surface area contributed by atoms with E-state index in [9.17, 15) is 4.79 Å². The van der Waals surface area contributed by atoms with Gasteiger partial charge >= 0.3 is 6.03 Å². The quantitative estimate of drug-likeness (QED) is 0.868. The molecule has 1 aromatic carbocycles. The highest BCUT2D eigenvalue weighted by Gasteiger charge is 2.31. The molecule has 1 N–H and O–H groups in total. The number of nitrogens with one attached hydrogen (secondary N) is 1. The number of aromatic nitrogens is 1. The highest BCUT2D eigenvalue weighted by atomic mass is 35.5. The fraction of sp³-hybridized carbons (Fsp3) is 0.353. The van der Waals surface area contributed by atoms with Gasteiger partial charge in [-0.2, -0.15) is 0 Å². The van der Waals surface area contributed by atoms with E-state index in [0.29, 0.717) is 19.0 Å². The predicted molar refractivity (Wildman–Crippen MR) is 88.3 cm³/mol. The third-order valence-electron chi connectivity index (χ3n) is 4.06. The Balaban J connectivity index is 1.95. The van der Waals surface area contributed by atoms with E-state index in [0.717, 1.165) is 17.8 Å². The Labute approximate surface area is 135 Å². The first-order chi connectivity index (χ1) is 10.7. The van der Waals surface area contributed by atoms with Crippen LogP contribution in [0.2, 0.25) is 0 Å². The average molecular weight is 318 g/mol. The van der Waals surface area contributed by atoms with Crippen LogP contribution in [0.4, 0.5) is 4.79 Å². The molecule has 0 fully saturated rings. The summed E-state index contributed by atoms with van der Waals surface area (Å²) in [4.78, 5) is 14.4. The number of hydrogen-bond donors (Lipinski definition) is 1. The molecule has 0 saturated carbocycles. The van der Waals surface area contributed by atoms with Gasteiger partial charge in [-0.05, 0) is 24.6 Å². The molecule has 2 amide bonds. The first-order valence-electron chi connectivity index (χ1n) is 7.53. The normalized spacial score (nSPS) is 17.2. The summed E-state index contributed by atoms with van der Waals surface area (Å²) in [6.07, 6.45) is 2.07. The van der Waals surface area contributed by atoms with Gasteiger partial charge in [-0.15, -0.1) is 11.6 Å². The summed E-state index contributed by atoms with van der Waals surface area (Å²) in [5.74, 6) is 0.422. The van der Waals surface area contributed by atoms with E-state index in [2.05, 4.69) is 53.3 Å². The highest BCUT2D eigenvalue weighted by Crippen LogP contribution is 2.32. The van der Waals surface area contributed by atoms with Crippen molar-refractivity contribution in [2.24, 2.45) is 0 Å². The Hall–Kier alpha value is -1.94. The van der Waals surface area contributed by atoms with Crippen molar-refractivity contribution < 1.29 is 4.79 Å². The average Bonchev–Trinajstić information content (AvgIpc) is 3.01. The summed E-state index contributed by atoms with van der Waals surface area (Å²) in [5, 5.41) is 2.88. The zero-order valence-corrected chi connectivity index (χ0v) is 13.4. The smallest absolute Gasteiger partial charge is 0.318 e. The number of alkyl halides is 1. The van der Waals surface area contributed by atoms with Crippen LogP contribution < -0.4 is 5.32 Å². The maximum absolute atomic E-state index is 12.5. The molecular formula is C17H20ClN3O. The van der Waals surface area contributed by atoms with Crippen LogP contribution in [0, 0.1) is 6.92 Å². The van der Waals surface area contributed by atoms with Gasteiger partial charge in [0.15, 0.2) is 0 Å². The van der Waals surface area contributed by atoms with Crippen LogP contribution in [0.15, 0.2) is 42.6 Å². The molecule has 0 saturated heterocycles. The number of urea groups is 1. The van der Waals surface area contributed by atoms with Crippen molar-refractivity contribution in [1.29, 1.82) is 0 Å². The van der Waals surface area contributed by atoms with Gasteiger partial charge in [-0.3, -0.25) is 0 Å². The number of rotatable bonds is 3. The Morgan fingerprint density at radius 3 is 2.77 bits per heavy atom. The first-order valence-corrected chi connectivity index (χ1v) is 8.06. The third kappa shape index (κ3) is 2.83. The zero-order valence-electron chi connectivity index (χ0n) is 12.6. The maximum atomic E-state index is 12.5. The molecule has 0 bridgehead atoms. The number of amides is 2. The van der Waals surface area contributed by atoms with Crippen molar-refractivity contribution >= 4 is 17.6 Å². The van der Waals surface area contributed by atoms with Crippen molar-refractivity contribution in [1.82, 2.24) is 14.8 Å². The molecule has 4 nitrogen and oxygen atoms in total. The number of carbonyl (C=O) groups is 1. The van der Waals surface area contributed by atoms with Gasteiger partial charge in [0.05, 0.1) is 6.04 Å². The summed E-state index contributed by atoms with van der Waals surface area (Å²) < 4.78 is 2.22. The SMILES string of the molecule is Cc1ccc(C2c3cccn3CCN2C(=O)NCCCl)cc1. The molecule has 1 aliphatic rings. The summed E-state index contributed by atoms with van der Waals surface area (Å²) in [7, 11) is 0. The Morgan fingerprint density at radius 1 is 1.27 bits per heavy atom. The minimum absolute atomic E-state index is 0.0559. The lowest BCUT2D eigenvalue weighted by Crippen LogP contribution is -2.47. The maximum Gasteiger partial charge on any atom is 0.318 e. The number of fused-ring (bicyclic) bond motifs is 1. The molecule has 116 valence electrons. The molecule has 2 heterocycles. The lowest BCUT2D eigenvalue weighted by Gasteiger charge is -2.37. The van der Waals surface area contributed by atoms with Gasteiger partial charge in [0, 0.05) is 37.4 Å². The lowest BCUT2D eigenvalue weighted by atomic mass is 9.99. The molecule has 0 aliphatic carbocycles. The van der Waals surface area contributed by atoms with Crippen molar-refractivity contribution in [2.45, 2.75) is 19.5 Å². The van der Waals surface area contributed by atoms with E-state index < -0.39 is 0 Å². The Morgan fingerprint density at radius 2 is 2.05 bits per heavy atom. The van der Waals surface area contributed by atoms with Gasteiger partial charge in [0.1, 0.15) is 0 Å². The molecule has 1 aromatic heterocycles. The molecule has 1 atom stereocenters. The number of benzene rings is 1. The topological polar surface area (TPSA) is 37.3 Å². The minimum Gasteiger partial charge on any atom is -0.348 e. The van der Waals surface area contributed by atoms with Crippen LogP contribution in [0.3, 0.4) is 0 Å². The summed E-state index contributed by atoms with van der Waals surface area (Å²) in [5.41, 5.74) is 3.50. The van der Waals surface area contributed by atoms with E-state index in [1.54, 1.807) is 0 Å². The van der Waals surface area contributed by atoms with Crippen LogP contribution in [0.25, 0.3) is 0 Å². The summed E-state index contributed by atoms with van der Waals surface area (Å²) in [6, 6.07) is 12.4. The minimum atomic E-state index is -0.0568. The zero-order chi connectivity index (χ0) is 15.5. The van der Waals surface area contributed by atoms with Gasteiger partial charge in [0.25, 0.3) is 0 Å². The standard InChI is InChI=1S/C17H20ClN3O/c1-13-4-6-14(7-5-13)16-15-3-2-10-20(15)11-12-21(16)17(22)19-9-8-18/h2-7,10,16H,8-9,11-12H2,1H3,(H,19,22). The van der Waals surface area contributed by atoms with Crippen LogP contribution in [-0.4, -0.2) is 34.5 Å². The lowest BCUT2D eigenvalue weighted by molar-refractivity contribution is 0.169. The number of hydrogen-bond acceptors (Lipinski definition) is 1. The second-order valence-electron chi connectivity index (χ2n) is 5.55. The fourth-order valence-electron chi connectivity index (χ4n) is 2.96. The summed E-state index contributed by atoms with van der Waals surface area (Å²) in [6.45, 7) is 4.06. The molecule has 0 radical (unpaired) electrons. The van der Waals surface area contributed by atoms with Crippen molar-refractivity contribution in [3.63, 3.8) is 0 Å². The van der Waals surface area contributed by atoms with Crippen molar-refractivity contribution in [2.75, 3.05) is 19.0 Å². The largest absolute Gasteiger partial charge is 0.348 e. The number of aryl methyl sites for hydroxylation is 1. The number of nitrogens with zero attached hydrogens (tertiary/aromatic N) is 2. The molecular weight excluding hydrogens is 298 g/mol. The van der Waals surface area contributed by atoms with Crippen LogP contribution in [-0.2, 0) is 6.54 Å². The van der Waals surface area contributed by atoms with E-state index in [-0.39, 0.29) is 12.1 Å². The summed E-state index contributed by atoms with van der Waals surface area (Å²) >= 11 is 5.68. The fourth-order valence-corrected chi connectivity index (χ4v) is 3.05. The number of carbonyl (C=O) groups excluding carboxylic acids is 1. The van der Waals surface area contributed by atoms with Gasteiger partial charge < -0.3 is 14.8 Å². The molecule has 3 rings (SSSR count). The highest BCUT2D eigenvalue weighted by molar-refractivity contribution is 6.18. The van der Waals surface area contributed by atoms with Crippen molar-refractivity contribution in [3.05, 3.63) is 59.4 Å². The molecule has 22 heavy (non-hydrogen) atoms. The molecule has 5 heteroatoms. The van der Waals surface area contributed by atoms with E-state index >= 15 is 0 Å². The monoisotopic (exact) mass is 317 g/mol. The predicted octanol–water partition coefficient (Wildman–Crippen LogP) is 3.15. The molecule has 1 aliphatic heterocycles. The van der Waals surface area contributed by atoms with Crippen LogP contribution >= 0.6 is 11.6 Å². The number of halogens is 1. The second kappa shape index (κ2) is 6.44. The van der Waals surface area contributed by atoms with Gasteiger partial charge in [0.2, 0.25) is 0 Å². The van der Waals surface area contributed by atoms with Gasteiger partial charge in [-0.25, -0.2) is 4.79 Å². The van der Waals surface area contributed by atoms with Crippen LogP contribution in [0.5, 0.6) is 0 Å². The van der Waals surface area contributed by atoms with E-state index in [4.69, 9.17) is 11.6 Å². The molecule has 1 unspecified atom stereocenters. The van der Waals surface area contributed by atoms with Crippen molar-refractivity contribution in [3.8, 4) is 0 Å². The first kappa shape index (κ1) is 15.0. The third-order valence-corrected chi connectivity index (χ3v) is 4.25. The second-order valence-corrected chi connectivity index (χ2v) is 5.93. The van der Waals surface area contributed by atoms with E-state index in [1.165, 1.54) is 5.56 Å².